The Morgan fingerprint density at radius 3 is 2.48 bits per heavy atom. The van der Waals surface area contributed by atoms with Gasteiger partial charge < -0.3 is 19.4 Å². The third-order valence-corrected chi connectivity index (χ3v) is 6.40. The van der Waals surface area contributed by atoms with Gasteiger partial charge in [0.05, 0.1) is 25.2 Å². The van der Waals surface area contributed by atoms with E-state index in [1.54, 1.807) is 11.8 Å². The monoisotopic (exact) mass is 399 g/mol. The molecule has 0 unspecified atom stereocenters. The fraction of sp³-hybridized carbons (Fsp3) is 0.591. The molecule has 3 saturated heterocycles. The zero-order valence-corrected chi connectivity index (χ0v) is 17.0. The van der Waals surface area contributed by atoms with Gasteiger partial charge in [-0.1, -0.05) is 30.3 Å². The molecule has 3 heterocycles. The summed E-state index contributed by atoms with van der Waals surface area (Å²) in [7, 11) is 0. The Labute approximate surface area is 171 Å². The Balaban J connectivity index is 1.43. The summed E-state index contributed by atoms with van der Waals surface area (Å²) >= 11 is 0. The van der Waals surface area contributed by atoms with Crippen LogP contribution >= 0.6 is 0 Å². The van der Waals surface area contributed by atoms with E-state index >= 15 is 0 Å². The largest absolute Gasteiger partial charge is 0.374 e. The topological polar surface area (TPSA) is 70.2 Å². The number of amides is 3. The summed E-state index contributed by atoms with van der Waals surface area (Å²) in [6.45, 7) is 4.87. The van der Waals surface area contributed by atoms with Crippen molar-refractivity contribution in [1.29, 1.82) is 0 Å². The number of hydrogen-bond acceptors (Lipinski definition) is 4. The SMILES string of the molecule is CC(=O)N1CCC(C(=O)N2C[C@@H]3OCCC(=O)N(Cc4ccccc4)[C@H]3C2)CC1. The first kappa shape index (κ1) is 19.9. The van der Waals surface area contributed by atoms with E-state index in [9.17, 15) is 14.4 Å². The highest BCUT2D eigenvalue weighted by atomic mass is 16.5. The van der Waals surface area contributed by atoms with Crippen molar-refractivity contribution in [3.8, 4) is 0 Å². The zero-order valence-electron chi connectivity index (χ0n) is 17.0. The van der Waals surface area contributed by atoms with E-state index in [4.69, 9.17) is 4.74 Å². The van der Waals surface area contributed by atoms with Crippen LogP contribution in [0.1, 0.15) is 31.7 Å². The fourth-order valence-electron chi connectivity index (χ4n) is 4.71. The third-order valence-electron chi connectivity index (χ3n) is 6.40. The van der Waals surface area contributed by atoms with Crippen LogP contribution in [-0.2, 0) is 25.7 Å². The molecule has 1 aromatic carbocycles. The second-order valence-corrected chi connectivity index (χ2v) is 8.26. The standard InChI is InChI=1S/C22H29N3O4/c1-16(26)23-10-7-18(8-11-23)22(28)24-14-19-20(15-24)29-12-9-21(27)25(19)13-17-5-3-2-4-6-17/h2-6,18-20H,7-15H2,1H3/t19-,20-/m0/s1. The minimum atomic E-state index is -0.133. The maximum absolute atomic E-state index is 13.1. The quantitative estimate of drug-likeness (QED) is 0.768. The van der Waals surface area contributed by atoms with E-state index in [1.165, 1.54) is 0 Å². The van der Waals surface area contributed by atoms with Crippen LogP contribution in [0.5, 0.6) is 0 Å². The van der Waals surface area contributed by atoms with Crippen molar-refractivity contribution in [3.05, 3.63) is 35.9 Å². The highest BCUT2D eigenvalue weighted by molar-refractivity contribution is 5.81. The lowest BCUT2D eigenvalue weighted by Gasteiger charge is -2.33. The van der Waals surface area contributed by atoms with E-state index in [-0.39, 0.29) is 35.8 Å². The average molecular weight is 399 g/mol. The second kappa shape index (κ2) is 8.53. The van der Waals surface area contributed by atoms with E-state index in [0.717, 1.165) is 5.56 Å². The summed E-state index contributed by atoms with van der Waals surface area (Å²) in [6, 6.07) is 9.86. The molecule has 2 atom stereocenters. The first-order valence-corrected chi connectivity index (χ1v) is 10.5. The molecule has 4 rings (SSSR count). The summed E-state index contributed by atoms with van der Waals surface area (Å²) in [6.07, 6.45) is 1.67. The lowest BCUT2D eigenvalue weighted by atomic mass is 9.95. The van der Waals surface area contributed by atoms with Crippen LogP contribution in [0.4, 0.5) is 0 Å². The minimum absolute atomic E-state index is 0.0498. The molecule has 0 aromatic heterocycles. The molecule has 7 heteroatoms. The van der Waals surface area contributed by atoms with Gasteiger partial charge in [-0.15, -0.1) is 0 Å². The normalized spacial score (nSPS) is 25.7. The van der Waals surface area contributed by atoms with E-state index < -0.39 is 0 Å². The number of piperidine rings is 1. The molecule has 0 spiro atoms. The van der Waals surface area contributed by atoms with Gasteiger partial charge in [0, 0.05) is 45.6 Å². The maximum atomic E-state index is 13.1. The summed E-state index contributed by atoms with van der Waals surface area (Å²) in [5.74, 6) is 0.247. The maximum Gasteiger partial charge on any atom is 0.225 e. The van der Waals surface area contributed by atoms with Gasteiger partial charge in [-0.05, 0) is 18.4 Å². The highest BCUT2D eigenvalue weighted by Gasteiger charge is 2.44. The van der Waals surface area contributed by atoms with Gasteiger partial charge >= 0.3 is 0 Å². The predicted octanol–water partition coefficient (Wildman–Crippen LogP) is 1.27. The summed E-state index contributed by atoms with van der Waals surface area (Å²) in [5.41, 5.74) is 1.09. The predicted molar refractivity (Wildman–Crippen MR) is 107 cm³/mol. The Morgan fingerprint density at radius 2 is 1.79 bits per heavy atom. The molecule has 29 heavy (non-hydrogen) atoms. The van der Waals surface area contributed by atoms with Crippen molar-refractivity contribution >= 4 is 17.7 Å². The lowest BCUT2D eigenvalue weighted by Crippen LogP contribution is -2.46. The van der Waals surface area contributed by atoms with Crippen molar-refractivity contribution in [2.45, 2.75) is 44.9 Å². The number of fused-ring (bicyclic) bond motifs is 1. The van der Waals surface area contributed by atoms with Crippen LogP contribution in [0.15, 0.2) is 30.3 Å². The number of carbonyl (C=O) groups is 3. The van der Waals surface area contributed by atoms with Crippen molar-refractivity contribution in [1.82, 2.24) is 14.7 Å². The number of benzene rings is 1. The molecule has 0 bridgehead atoms. The smallest absolute Gasteiger partial charge is 0.225 e. The van der Waals surface area contributed by atoms with Gasteiger partial charge in [-0.25, -0.2) is 0 Å². The number of likely N-dealkylation sites (tertiary alicyclic amines) is 2. The molecule has 3 amide bonds. The minimum Gasteiger partial charge on any atom is -0.374 e. The molecule has 3 fully saturated rings. The van der Waals surface area contributed by atoms with Crippen molar-refractivity contribution in [2.24, 2.45) is 5.92 Å². The van der Waals surface area contributed by atoms with E-state index in [1.807, 2.05) is 40.1 Å². The lowest BCUT2D eigenvalue weighted by molar-refractivity contribution is -0.140. The third kappa shape index (κ3) is 4.29. The van der Waals surface area contributed by atoms with Gasteiger partial charge in [0.2, 0.25) is 17.7 Å². The Hall–Kier alpha value is -2.41. The molecule has 3 aliphatic heterocycles. The van der Waals surface area contributed by atoms with Crippen molar-refractivity contribution in [3.63, 3.8) is 0 Å². The molecule has 0 radical (unpaired) electrons. The van der Waals surface area contributed by atoms with Gasteiger partial charge in [-0.2, -0.15) is 0 Å². The van der Waals surface area contributed by atoms with E-state index in [2.05, 4.69) is 0 Å². The number of rotatable bonds is 3. The Kier molecular flexibility index (Phi) is 5.85. The molecule has 7 nitrogen and oxygen atoms in total. The van der Waals surface area contributed by atoms with Crippen LogP contribution in [0.25, 0.3) is 0 Å². The van der Waals surface area contributed by atoms with Crippen molar-refractivity contribution < 1.29 is 19.1 Å². The van der Waals surface area contributed by atoms with Crippen LogP contribution in [0.3, 0.4) is 0 Å². The summed E-state index contributed by atoms with van der Waals surface area (Å²) < 4.78 is 5.97. The molecule has 3 aliphatic rings. The van der Waals surface area contributed by atoms with Crippen LogP contribution in [0.2, 0.25) is 0 Å². The fourth-order valence-corrected chi connectivity index (χ4v) is 4.71. The summed E-state index contributed by atoms with van der Waals surface area (Å²) in [4.78, 5) is 43.0. The molecule has 0 saturated carbocycles. The van der Waals surface area contributed by atoms with Crippen LogP contribution in [-0.4, -0.2) is 77.4 Å². The summed E-state index contributed by atoms with van der Waals surface area (Å²) in [5, 5.41) is 0. The first-order chi connectivity index (χ1) is 14.0. The van der Waals surface area contributed by atoms with Gasteiger partial charge in [0.15, 0.2) is 0 Å². The number of nitrogens with zero attached hydrogens (tertiary/aromatic N) is 3. The van der Waals surface area contributed by atoms with Crippen LogP contribution in [0, 0.1) is 5.92 Å². The van der Waals surface area contributed by atoms with Gasteiger partial charge in [-0.3, -0.25) is 14.4 Å². The number of hydrogen-bond donors (Lipinski definition) is 0. The van der Waals surface area contributed by atoms with Crippen molar-refractivity contribution in [2.75, 3.05) is 32.8 Å². The van der Waals surface area contributed by atoms with Crippen LogP contribution < -0.4 is 0 Å². The zero-order chi connectivity index (χ0) is 20.4. The molecule has 0 N–H and O–H groups in total. The number of ether oxygens (including phenoxy) is 1. The Bertz CT molecular complexity index is 761. The second-order valence-electron chi connectivity index (χ2n) is 8.26. The van der Waals surface area contributed by atoms with Gasteiger partial charge in [0.25, 0.3) is 0 Å². The van der Waals surface area contributed by atoms with Gasteiger partial charge in [0.1, 0.15) is 0 Å². The number of carbonyl (C=O) groups excluding carboxylic acids is 3. The molecule has 156 valence electrons. The molecule has 1 aromatic rings. The highest BCUT2D eigenvalue weighted by Crippen LogP contribution is 2.28. The first-order valence-electron chi connectivity index (χ1n) is 10.5. The molecular formula is C22H29N3O4. The van der Waals surface area contributed by atoms with E-state index in [0.29, 0.717) is 58.6 Å². The molecular weight excluding hydrogens is 370 g/mol. The molecule has 0 aliphatic carbocycles. The average Bonchev–Trinajstić information content (AvgIpc) is 3.10. The Morgan fingerprint density at radius 1 is 1.07 bits per heavy atom.